The summed E-state index contributed by atoms with van der Waals surface area (Å²) in [6, 6.07) is 7.68. The van der Waals surface area contributed by atoms with Crippen LogP contribution in [0.1, 0.15) is 94.6 Å². The summed E-state index contributed by atoms with van der Waals surface area (Å²) >= 11 is 0. The standard InChI is InChI=1S/C29H37F3/c1-3-4-5-20-6-8-21(9-7-20)22-10-12-23(13-11-22)24-14-15-26(29(32)16-24)25-17-27(30)19(2)28(31)18-25/h14-18,20-23H,3-13H2,1-2H3. The number of unbranched alkanes of at least 4 members (excludes halogenated alkanes) is 1. The van der Waals surface area contributed by atoms with Crippen molar-refractivity contribution in [2.24, 2.45) is 17.8 Å². The van der Waals surface area contributed by atoms with Crippen LogP contribution >= 0.6 is 0 Å². The van der Waals surface area contributed by atoms with Crippen LogP contribution in [0.2, 0.25) is 0 Å². The number of hydrogen-bond donors (Lipinski definition) is 0. The van der Waals surface area contributed by atoms with Crippen LogP contribution in [0.5, 0.6) is 0 Å². The summed E-state index contributed by atoms with van der Waals surface area (Å²) in [6.07, 6.45) is 14.5. The van der Waals surface area contributed by atoms with Gasteiger partial charge in [-0.3, -0.25) is 0 Å². The van der Waals surface area contributed by atoms with E-state index in [-0.39, 0.29) is 16.7 Å². The van der Waals surface area contributed by atoms with E-state index in [0.717, 1.165) is 36.2 Å². The summed E-state index contributed by atoms with van der Waals surface area (Å²) in [4.78, 5) is 0. The molecule has 3 heteroatoms. The Morgan fingerprint density at radius 3 is 1.91 bits per heavy atom. The third-order valence-electron chi connectivity index (χ3n) is 8.35. The fraction of sp³-hybridized carbons (Fsp3) is 0.586. The van der Waals surface area contributed by atoms with Crippen LogP contribution < -0.4 is 0 Å². The van der Waals surface area contributed by atoms with Crippen LogP contribution in [0.3, 0.4) is 0 Å². The van der Waals surface area contributed by atoms with E-state index in [2.05, 4.69) is 6.92 Å². The Morgan fingerprint density at radius 2 is 1.34 bits per heavy atom. The number of halogens is 3. The number of hydrogen-bond acceptors (Lipinski definition) is 0. The molecule has 0 heterocycles. The van der Waals surface area contributed by atoms with Gasteiger partial charge in [0.2, 0.25) is 0 Å². The molecule has 2 fully saturated rings. The van der Waals surface area contributed by atoms with Gasteiger partial charge in [-0.2, -0.15) is 0 Å². The molecule has 0 nitrogen and oxygen atoms in total. The van der Waals surface area contributed by atoms with Crippen molar-refractivity contribution in [2.45, 2.75) is 90.4 Å². The van der Waals surface area contributed by atoms with Crippen LogP contribution in [0.15, 0.2) is 30.3 Å². The van der Waals surface area contributed by atoms with E-state index in [1.807, 2.05) is 6.07 Å². The molecule has 0 radical (unpaired) electrons. The Kier molecular flexibility index (Phi) is 7.63. The molecular weight excluding hydrogens is 405 g/mol. The molecule has 0 aromatic heterocycles. The Balaban J connectivity index is 1.35. The van der Waals surface area contributed by atoms with Crippen LogP contribution in [0.25, 0.3) is 11.1 Å². The first kappa shape index (κ1) is 23.4. The van der Waals surface area contributed by atoms with E-state index in [9.17, 15) is 13.2 Å². The smallest absolute Gasteiger partial charge is 0.131 e. The molecule has 0 aliphatic heterocycles. The van der Waals surface area contributed by atoms with Gasteiger partial charge in [0.25, 0.3) is 0 Å². The molecule has 0 atom stereocenters. The average Bonchev–Trinajstić information content (AvgIpc) is 2.81. The van der Waals surface area contributed by atoms with Crippen LogP contribution in [-0.4, -0.2) is 0 Å². The van der Waals surface area contributed by atoms with Crippen molar-refractivity contribution < 1.29 is 13.2 Å². The molecular formula is C29H37F3. The van der Waals surface area contributed by atoms with E-state index >= 15 is 0 Å². The molecule has 2 aromatic carbocycles. The van der Waals surface area contributed by atoms with Gasteiger partial charge >= 0.3 is 0 Å². The van der Waals surface area contributed by atoms with Crippen molar-refractivity contribution in [3.63, 3.8) is 0 Å². The summed E-state index contributed by atoms with van der Waals surface area (Å²) in [5.41, 5.74) is 1.52. The Labute approximate surface area is 191 Å². The van der Waals surface area contributed by atoms with Gasteiger partial charge in [-0.15, -0.1) is 0 Å². The van der Waals surface area contributed by atoms with Gasteiger partial charge in [-0.1, -0.05) is 51.2 Å². The average molecular weight is 443 g/mol. The molecule has 2 saturated carbocycles. The van der Waals surface area contributed by atoms with Crippen LogP contribution in [0.4, 0.5) is 13.2 Å². The Hall–Kier alpha value is -1.77. The molecule has 0 N–H and O–H groups in total. The molecule has 0 saturated heterocycles. The van der Waals surface area contributed by atoms with Crippen LogP contribution in [0, 0.1) is 42.1 Å². The first-order chi connectivity index (χ1) is 15.5. The molecule has 0 bridgehead atoms. The fourth-order valence-corrected chi connectivity index (χ4v) is 6.19. The predicted octanol–water partition coefficient (Wildman–Crippen LogP) is 9.35. The molecule has 0 unspecified atom stereocenters. The zero-order chi connectivity index (χ0) is 22.7. The third-order valence-corrected chi connectivity index (χ3v) is 8.35. The van der Waals surface area contributed by atoms with E-state index in [4.69, 9.17) is 0 Å². The van der Waals surface area contributed by atoms with Gasteiger partial charge in [-0.05, 0) is 98.4 Å². The zero-order valence-corrected chi connectivity index (χ0v) is 19.6. The summed E-state index contributed by atoms with van der Waals surface area (Å²) in [5.74, 6) is 1.40. The van der Waals surface area contributed by atoms with Crippen molar-refractivity contribution in [2.75, 3.05) is 0 Å². The SMILES string of the molecule is CCCCC1CCC(C2CCC(c3ccc(-c4cc(F)c(C)c(F)c4)c(F)c3)CC2)CC1. The van der Waals surface area contributed by atoms with Gasteiger partial charge < -0.3 is 0 Å². The highest BCUT2D eigenvalue weighted by atomic mass is 19.1. The summed E-state index contributed by atoms with van der Waals surface area (Å²) in [6.45, 7) is 3.67. The van der Waals surface area contributed by atoms with Crippen molar-refractivity contribution in [1.29, 1.82) is 0 Å². The molecule has 2 aromatic rings. The van der Waals surface area contributed by atoms with E-state index in [0.29, 0.717) is 5.92 Å². The van der Waals surface area contributed by atoms with Gasteiger partial charge in [0.1, 0.15) is 17.5 Å². The van der Waals surface area contributed by atoms with Crippen molar-refractivity contribution in [1.82, 2.24) is 0 Å². The normalized spacial score (nSPS) is 26.3. The predicted molar refractivity (Wildman–Crippen MR) is 126 cm³/mol. The first-order valence-electron chi connectivity index (χ1n) is 12.7. The first-order valence-corrected chi connectivity index (χ1v) is 12.7. The topological polar surface area (TPSA) is 0 Å². The summed E-state index contributed by atoms with van der Waals surface area (Å²) < 4.78 is 42.8. The second-order valence-corrected chi connectivity index (χ2v) is 10.3. The minimum absolute atomic E-state index is 0.0306. The van der Waals surface area contributed by atoms with Gasteiger partial charge in [-0.25, -0.2) is 13.2 Å². The van der Waals surface area contributed by atoms with Crippen molar-refractivity contribution >= 4 is 0 Å². The molecule has 32 heavy (non-hydrogen) atoms. The van der Waals surface area contributed by atoms with Crippen LogP contribution in [-0.2, 0) is 0 Å². The maximum absolute atomic E-state index is 14.9. The fourth-order valence-electron chi connectivity index (χ4n) is 6.19. The minimum Gasteiger partial charge on any atom is -0.207 e. The van der Waals surface area contributed by atoms with Crippen molar-refractivity contribution in [3.05, 3.63) is 58.9 Å². The van der Waals surface area contributed by atoms with Gasteiger partial charge in [0, 0.05) is 11.1 Å². The largest absolute Gasteiger partial charge is 0.207 e. The highest BCUT2D eigenvalue weighted by molar-refractivity contribution is 5.65. The monoisotopic (exact) mass is 442 g/mol. The van der Waals surface area contributed by atoms with E-state index < -0.39 is 17.5 Å². The second kappa shape index (κ2) is 10.4. The lowest BCUT2D eigenvalue weighted by atomic mass is 9.68. The number of rotatable bonds is 6. The second-order valence-electron chi connectivity index (χ2n) is 10.3. The third kappa shape index (κ3) is 5.24. The molecule has 0 spiro atoms. The van der Waals surface area contributed by atoms with E-state index in [1.54, 1.807) is 12.1 Å². The molecule has 2 aliphatic carbocycles. The van der Waals surface area contributed by atoms with Gasteiger partial charge in [0.15, 0.2) is 0 Å². The molecule has 4 rings (SSSR count). The lowest BCUT2D eigenvalue weighted by Crippen LogP contribution is -2.25. The number of benzene rings is 2. The molecule has 174 valence electrons. The highest BCUT2D eigenvalue weighted by Crippen LogP contribution is 2.45. The van der Waals surface area contributed by atoms with E-state index in [1.165, 1.54) is 76.8 Å². The lowest BCUT2D eigenvalue weighted by molar-refractivity contribution is 0.156. The maximum Gasteiger partial charge on any atom is 0.131 e. The lowest BCUT2D eigenvalue weighted by Gasteiger charge is -2.38. The quantitative estimate of drug-likeness (QED) is 0.418. The van der Waals surface area contributed by atoms with Crippen molar-refractivity contribution in [3.8, 4) is 11.1 Å². The zero-order valence-electron chi connectivity index (χ0n) is 19.6. The molecule has 0 amide bonds. The highest BCUT2D eigenvalue weighted by Gasteiger charge is 2.31. The summed E-state index contributed by atoms with van der Waals surface area (Å²) in [5, 5.41) is 0. The van der Waals surface area contributed by atoms with Gasteiger partial charge in [0.05, 0.1) is 0 Å². The molecule has 2 aliphatic rings. The maximum atomic E-state index is 14.9. The minimum atomic E-state index is -0.638. The summed E-state index contributed by atoms with van der Waals surface area (Å²) in [7, 11) is 0. The Bertz CT molecular complexity index is 880. The Morgan fingerprint density at radius 1 is 0.750 bits per heavy atom.